The Balaban J connectivity index is 4.27. The molecule has 0 spiro atoms. The van der Waals surface area contributed by atoms with Gasteiger partial charge in [-0.05, 0) is 116 Å². The van der Waals surface area contributed by atoms with Crippen LogP contribution >= 0.6 is 0 Å². The van der Waals surface area contributed by atoms with Crippen LogP contribution in [0.1, 0.15) is 342 Å². The Morgan fingerprint density at radius 2 is 0.494 bits per heavy atom. The third-order valence-corrected chi connectivity index (χ3v) is 14.9. The minimum absolute atomic E-state index is 0.0817. The molecular formula is C73H128O6. The smallest absolute Gasteiger partial charge is 0.306 e. The second-order valence-corrected chi connectivity index (χ2v) is 22.7. The molecule has 0 saturated heterocycles. The van der Waals surface area contributed by atoms with Gasteiger partial charge in [0, 0.05) is 19.3 Å². The Bertz CT molecular complexity index is 1500. The van der Waals surface area contributed by atoms with E-state index in [0.717, 1.165) is 103 Å². The van der Waals surface area contributed by atoms with Gasteiger partial charge in [-0.25, -0.2) is 0 Å². The third-order valence-electron chi connectivity index (χ3n) is 14.9. The van der Waals surface area contributed by atoms with E-state index in [1.807, 2.05) is 0 Å². The van der Waals surface area contributed by atoms with Crippen molar-refractivity contribution in [2.24, 2.45) is 0 Å². The molecule has 456 valence electrons. The molecule has 0 aromatic heterocycles. The highest BCUT2D eigenvalue weighted by molar-refractivity contribution is 5.71. The van der Waals surface area contributed by atoms with Crippen LogP contribution in [0.4, 0.5) is 0 Å². The van der Waals surface area contributed by atoms with E-state index in [9.17, 15) is 14.4 Å². The second kappa shape index (κ2) is 67.1. The van der Waals surface area contributed by atoms with Crippen molar-refractivity contribution < 1.29 is 28.6 Å². The Kier molecular flexibility index (Phi) is 64.2. The Labute approximate surface area is 490 Å². The lowest BCUT2D eigenvalue weighted by Gasteiger charge is -2.18. The van der Waals surface area contributed by atoms with Crippen LogP contribution in [0.25, 0.3) is 0 Å². The van der Waals surface area contributed by atoms with Gasteiger partial charge < -0.3 is 14.2 Å². The molecule has 6 nitrogen and oxygen atoms in total. The van der Waals surface area contributed by atoms with Crippen molar-refractivity contribution in [2.75, 3.05) is 13.2 Å². The molecule has 0 saturated carbocycles. The first-order valence-corrected chi connectivity index (χ1v) is 34.1. The van der Waals surface area contributed by atoms with E-state index >= 15 is 0 Å². The molecule has 0 amide bonds. The fraction of sp³-hybridized carbons (Fsp3) is 0.767. The summed E-state index contributed by atoms with van der Waals surface area (Å²) >= 11 is 0. The first-order valence-electron chi connectivity index (χ1n) is 34.1. The summed E-state index contributed by atoms with van der Waals surface area (Å²) in [5.41, 5.74) is 0. The molecule has 0 radical (unpaired) electrons. The van der Waals surface area contributed by atoms with Gasteiger partial charge in [-0.15, -0.1) is 0 Å². The van der Waals surface area contributed by atoms with Crippen LogP contribution in [0.2, 0.25) is 0 Å². The zero-order chi connectivity index (χ0) is 57.1. The van der Waals surface area contributed by atoms with Gasteiger partial charge in [0.05, 0.1) is 0 Å². The lowest BCUT2D eigenvalue weighted by Crippen LogP contribution is -2.30. The minimum atomic E-state index is -0.787. The van der Waals surface area contributed by atoms with E-state index in [4.69, 9.17) is 14.2 Å². The minimum Gasteiger partial charge on any atom is -0.462 e. The van der Waals surface area contributed by atoms with E-state index < -0.39 is 6.10 Å². The normalized spacial score (nSPS) is 12.6. The molecule has 0 aromatic carbocycles. The monoisotopic (exact) mass is 1100 g/mol. The molecule has 0 aliphatic heterocycles. The highest BCUT2D eigenvalue weighted by Crippen LogP contribution is 2.17. The van der Waals surface area contributed by atoms with Crippen LogP contribution in [0.15, 0.2) is 85.1 Å². The van der Waals surface area contributed by atoms with Crippen LogP contribution in [-0.4, -0.2) is 37.2 Å². The van der Waals surface area contributed by atoms with Gasteiger partial charge in [0.1, 0.15) is 13.2 Å². The second-order valence-electron chi connectivity index (χ2n) is 22.7. The third kappa shape index (κ3) is 65.3. The molecular weight excluding hydrogens is 973 g/mol. The largest absolute Gasteiger partial charge is 0.462 e. The number of hydrogen-bond acceptors (Lipinski definition) is 6. The molecule has 0 aromatic rings. The highest BCUT2D eigenvalue weighted by atomic mass is 16.6. The van der Waals surface area contributed by atoms with Gasteiger partial charge >= 0.3 is 17.9 Å². The maximum atomic E-state index is 12.9. The van der Waals surface area contributed by atoms with Gasteiger partial charge in [-0.2, -0.15) is 0 Å². The fourth-order valence-corrected chi connectivity index (χ4v) is 9.76. The molecule has 79 heavy (non-hydrogen) atoms. The molecule has 1 atom stereocenters. The maximum absolute atomic E-state index is 12.9. The van der Waals surface area contributed by atoms with Gasteiger partial charge in [0.25, 0.3) is 0 Å². The van der Waals surface area contributed by atoms with Crippen LogP contribution < -0.4 is 0 Å². The SMILES string of the molecule is CC/C=C\C/C=C\C/C=C\CCCCCCCCCC(=O)OC(COC(=O)CCCCCCC/C=C\CCCCCCCC)COC(=O)CCCCCCCCCCCCCCCC/C=C\C/C=C\C/C=C\CCCCCCC. The van der Waals surface area contributed by atoms with E-state index in [1.165, 1.54) is 199 Å². The predicted octanol–water partition coefficient (Wildman–Crippen LogP) is 23.4. The van der Waals surface area contributed by atoms with Crippen LogP contribution in [0, 0.1) is 0 Å². The summed E-state index contributed by atoms with van der Waals surface area (Å²) in [6.07, 6.45) is 88.9. The zero-order valence-electron chi connectivity index (χ0n) is 52.4. The number of carbonyl (C=O) groups is 3. The molecule has 0 aliphatic carbocycles. The number of allylic oxidation sites excluding steroid dienone is 14. The van der Waals surface area contributed by atoms with Gasteiger partial charge in [0.2, 0.25) is 0 Å². The first-order chi connectivity index (χ1) is 39.0. The summed E-state index contributed by atoms with van der Waals surface area (Å²) in [6, 6.07) is 0. The summed E-state index contributed by atoms with van der Waals surface area (Å²) in [4.78, 5) is 38.4. The van der Waals surface area contributed by atoms with Crippen molar-refractivity contribution in [2.45, 2.75) is 348 Å². The lowest BCUT2D eigenvalue weighted by molar-refractivity contribution is -0.167. The molecule has 0 rings (SSSR count). The lowest BCUT2D eigenvalue weighted by atomic mass is 10.0. The van der Waals surface area contributed by atoms with Crippen molar-refractivity contribution in [1.29, 1.82) is 0 Å². The van der Waals surface area contributed by atoms with Crippen LogP contribution in [0.5, 0.6) is 0 Å². The number of rotatable bonds is 62. The van der Waals surface area contributed by atoms with Crippen molar-refractivity contribution >= 4 is 17.9 Å². The van der Waals surface area contributed by atoms with Gasteiger partial charge in [-0.1, -0.05) is 292 Å². The Hall–Kier alpha value is -3.41. The van der Waals surface area contributed by atoms with Crippen LogP contribution in [0.3, 0.4) is 0 Å². The predicted molar refractivity (Wildman–Crippen MR) is 344 cm³/mol. The summed E-state index contributed by atoms with van der Waals surface area (Å²) < 4.78 is 16.9. The zero-order valence-corrected chi connectivity index (χ0v) is 52.4. The molecule has 1 unspecified atom stereocenters. The molecule has 0 heterocycles. The van der Waals surface area contributed by atoms with Gasteiger partial charge in [-0.3, -0.25) is 14.4 Å². The number of carbonyl (C=O) groups excluding carboxylic acids is 3. The quantitative estimate of drug-likeness (QED) is 0.0261. The van der Waals surface area contributed by atoms with E-state index in [-0.39, 0.29) is 31.1 Å². The van der Waals surface area contributed by atoms with Gasteiger partial charge in [0.15, 0.2) is 6.10 Å². The number of ether oxygens (including phenoxy) is 3. The van der Waals surface area contributed by atoms with Crippen LogP contribution in [-0.2, 0) is 28.6 Å². The first kappa shape index (κ1) is 75.6. The topological polar surface area (TPSA) is 78.9 Å². The molecule has 6 heteroatoms. The van der Waals surface area contributed by atoms with Crippen molar-refractivity contribution in [1.82, 2.24) is 0 Å². The maximum Gasteiger partial charge on any atom is 0.306 e. The standard InChI is InChI=1S/C73H128O6/c1-4-7-10-13-16-19-22-25-28-30-31-32-33-34-35-36-37-38-39-40-41-43-45-48-51-54-57-60-63-66-72(75)78-69-70(68-77-71(74)65-62-59-56-53-50-47-44-27-24-21-18-15-12-9-6-3)79-73(76)67-64-61-58-55-52-49-46-42-29-26-23-20-17-14-11-8-5-2/h8,11,17,20,22,25-27,29-31,33-34,44,70H,4-7,9-10,12-16,18-19,21,23-24,28,32,35-43,45-69H2,1-3H3/b11-8-,20-17-,25-22-,29-26-,31-30-,34-33-,44-27-. The summed E-state index contributed by atoms with van der Waals surface area (Å²) in [7, 11) is 0. The number of unbranched alkanes of at least 4 members (excludes halogenated alkanes) is 37. The number of esters is 3. The fourth-order valence-electron chi connectivity index (χ4n) is 9.76. The summed E-state index contributed by atoms with van der Waals surface area (Å²) in [5, 5.41) is 0. The molecule has 0 aliphatic rings. The average molecular weight is 1100 g/mol. The van der Waals surface area contributed by atoms with E-state index in [1.54, 1.807) is 0 Å². The van der Waals surface area contributed by atoms with E-state index in [2.05, 4.69) is 106 Å². The molecule has 0 N–H and O–H groups in total. The van der Waals surface area contributed by atoms with Crippen molar-refractivity contribution in [3.63, 3.8) is 0 Å². The molecule has 0 fully saturated rings. The van der Waals surface area contributed by atoms with Crippen molar-refractivity contribution in [3.8, 4) is 0 Å². The highest BCUT2D eigenvalue weighted by Gasteiger charge is 2.19. The van der Waals surface area contributed by atoms with E-state index in [0.29, 0.717) is 19.3 Å². The molecule has 0 bridgehead atoms. The van der Waals surface area contributed by atoms with Crippen molar-refractivity contribution in [3.05, 3.63) is 85.1 Å². The average Bonchev–Trinajstić information content (AvgIpc) is 3.45. The number of hydrogen-bond donors (Lipinski definition) is 0. The summed E-state index contributed by atoms with van der Waals surface area (Å²) in [5.74, 6) is -0.886. The summed E-state index contributed by atoms with van der Waals surface area (Å²) in [6.45, 7) is 6.53. The Morgan fingerprint density at radius 3 is 0.785 bits per heavy atom. The Morgan fingerprint density at radius 1 is 0.266 bits per heavy atom.